The van der Waals surface area contributed by atoms with Crippen molar-refractivity contribution in [2.45, 2.75) is 46.7 Å². The topological polar surface area (TPSA) is 58.1 Å². The van der Waals surface area contributed by atoms with E-state index >= 15 is 0 Å². The Morgan fingerprint density at radius 3 is 2.52 bits per heavy atom. The first-order valence-electron chi connectivity index (χ1n) is 9.79. The Morgan fingerprint density at radius 1 is 1.15 bits per heavy atom. The second kappa shape index (κ2) is 11.8. The van der Waals surface area contributed by atoms with E-state index in [-0.39, 0.29) is 5.54 Å². The summed E-state index contributed by atoms with van der Waals surface area (Å²) in [4.78, 5) is 6.95. The molecular formula is C21H38N4O2. The second-order valence-corrected chi connectivity index (χ2v) is 7.41. The summed E-state index contributed by atoms with van der Waals surface area (Å²) in [6, 6.07) is 6.24. The number of hydrogen-bond acceptors (Lipinski definition) is 4. The van der Waals surface area contributed by atoms with Crippen molar-refractivity contribution >= 4 is 5.96 Å². The van der Waals surface area contributed by atoms with Crippen LogP contribution in [0.2, 0.25) is 0 Å². The van der Waals surface area contributed by atoms with E-state index in [1.54, 1.807) is 0 Å². The lowest BCUT2D eigenvalue weighted by atomic mass is 10.0. The van der Waals surface area contributed by atoms with Gasteiger partial charge < -0.3 is 25.0 Å². The summed E-state index contributed by atoms with van der Waals surface area (Å²) in [5.74, 6) is 1.69. The number of rotatable bonds is 11. The maximum atomic E-state index is 5.92. The average molecular weight is 379 g/mol. The van der Waals surface area contributed by atoms with Crippen LogP contribution in [0.5, 0.6) is 5.75 Å². The Morgan fingerprint density at radius 2 is 1.89 bits per heavy atom. The van der Waals surface area contributed by atoms with Crippen molar-refractivity contribution in [3.63, 3.8) is 0 Å². The number of likely N-dealkylation sites (N-methyl/N-ethyl adjacent to an activating group) is 1. The number of guanidine groups is 1. The average Bonchev–Trinajstić information content (AvgIpc) is 2.62. The minimum absolute atomic E-state index is 0.0353. The Kier molecular flexibility index (Phi) is 10.2. The Labute approximate surface area is 165 Å². The first-order chi connectivity index (χ1) is 12.8. The second-order valence-electron chi connectivity index (χ2n) is 7.41. The molecule has 0 fully saturated rings. The number of nitrogens with one attached hydrogen (secondary N) is 2. The van der Waals surface area contributed by atoms with Gasteiger partial charge in [-0.3, -0.25) is 0 Å². The number of benzene rings is 1. The summed E-state index contributed by atoms with van der Waals surface area (Å²) < 4.78 is 11.3. The lowest BCUT2D eigenvalue weighted by Crippen LogP contribution is -2.50. The fourth-order valence-corrected chi connectivity index (χ4v) is 2.25. The molecule has 0 amide bonds. The van der Waals surface area contributed by atoms with Gasteiger partial charge >= 0.3 is 0 Å². The SMILES string of the molecule is CCNC(=NCc1ccc(C)cc1OCCOCC)NCC(C)(C)N(C)C. The predicted octanol–water partition coefficient (Wildman–Crippen LogP) is 2.81. The molecule has 6 heteroatoms. The molecule has 0 bridgehead atoms. The van der Waals surface area contributed by atoms with Crippen LogP contribution in [-0.4, -0.2) is 63.4 Å². The van der Waals surface area contributed by atoms with Crippen molar-refractivity contribution in [3.8, 4) is 5.75 Å². The molecule has 27 heavy (non-hydrogen) atoms. The third kappa shape index (κ3) is 8.63. The van der Waals surface area contributed by atoms with Crippen LogP contribution in [0.1, 0.15) is 38.8 Å². The van der Waals surface area contributed by atoms with E-state index in [1.807, 2.05) is 6.92 Å². The molecular weight excluding hydrogens is 340 g/mol. The van der Waals surface area contributed by atoms with E-state index < -0.39 is 0 Å². The fourth-order valence-electron chi connectivity index (χ4n) is 2.25. The maximum Gasteiger partial charge on any atom is 0.191 e. The Bertz CT molecular complexity index is 586. The number of aryl methyl sites for hydroxylation is 1. The summed E-state index contributed by atoms with van der Waals surface area (Å²) in [6.45, 7) is 14.6. The van der Waals surface area contributed by atoms with Gasteiger partial charge in [0.25, 0.3) is 0 Å². The van der Waals surface area contributed by atoms with E-state index in [1.165, 1.54) is 5.56 Å². The molecule has 0 saturated carbocycles. The molecule has 0 aliphatic heterocycles. The summed E-state index contributed by atoms with van der Waals surface area (Å²) in [5.41, 5.74) is 2.28. The Balaban J connectivity index is 2.80. The van der Waals surface area contributed by atoms with Crippen molar-refractivity contribution in [1.82, 2.24) is 15.5 Å². The zero-order valence-corrected chi connectivity index (χ0v) is 18.2. The van der Waals surface area contributed by atoms with E-state index in [2.05, 4.69) is 75.5 Å². The fraction of sp³-hybridized carbons (Fsp3) is 0.667. The number of ether oxygens (including phenoxy) is 2. The summed E-state index contributed by atoms with van der Waals surface area (Å²) in [7, 11) is 4.17. The van der Waals surface area contributed by atoms with Crippen LogP contribution < -0.4 is 15.4 Å². The van der Waals surface area contributed by atoms with Crippen LogP contribution in [-0.2, 0) is 11.3 Å². The van der Waals surface area contributed by atoms with Gasteiger partial charge in [0.15, 0.2) is 5.96 Å². The minimum Gasteiger partial charge on any atom is -0.491 e. The van der Waals surface area contributed by atoms with E-state index in [0.29, 0.717) is 26.4 Å². The highest BCUT2D eigenvalue weighted by Crippen LogP contribution is 2.21. The molecule has 2 N–H and O–H groups in total. The highest BCUT2D eigenvalue weighted by molar-refractivity contribution is 5.79. The molecule has 1 aromatic carbocycles. The molecule has 0 atom stereocenters. The van der Waals surface area contributed by atoms with Gasteiger partial charge in [0, 0.05) is 30.8 Å². The lowest BCUT2D eigenvalue weighted by Gasteiger charge is -2.33. The molecule has 0 spiro atoms. The van der Waals surface area contributed by atoms with Crippen LogP contribution in [0.15, 0.2) is 23.2 Å². The van der Waals surface area contributed by atoms with Crippen molar-refractivity contribution in [1.29, 1.82) is 0 Å². The highest BCUT2D eigenvalue weighted by Gasteiger charge is 2.20. The quantitative estimate of drug-likeness (QED) is 0.352. The highest BCUT2D eigenvalue weighted by atomic mass is 16.5. The van der Waals surface area contributed by atoms with Crippen molar-refractivity contribution < 1.29 is 9.47 Å². The van der Waals surface area contributed by atoms with Gasteiger partial charge in [0.2, 0.25) is 0 Å². The van der Waals surface area contributed by atoms with E-state index in [4.69, 9.17) is 14.5 Å². The molecule has 0 aliphatic rings. The molecule has 6 nitrogen and oxygen atoms in total. The van der Waals surface area contributed by atoms with Crippen LogP contribution in [0, 0.1) is 6.92 Å². The van der Waals surface area contributed by atoms with Gasteiger partial charge in [-0.15, -0.1) is 0 Å². The molecule has 0 aromatic heterocycles. The van der Waals surface area contributed by atoms with Gasteiger partial charge in [0.05, 0.1) is 13.2 Å². The van der Waals surface area contributed by atoms with Crippen LogP contribution in [0.4, 0.5) is 0 Å². The van der Waals surface area contributed by atoms with Crippen molar-refractivity contribution in [2.75, 3.05) is 47.0 Å². The first-order valence-corrected chi connectivity index (χ1v) is 9.79. The zero-order valence-electron chi connectivity index (χ0n) is 18.2. The number of nitrogens with zero attached hydrogens (tertiary/aromatic N) is 2. The van der Waals surface area contributed by atoms with Gasteiger partial charge in [0.1, 0.15) is 12.4 Å². The molecule has 1 rings (SSSR count). The maximum absolute atomic E-state index is 5.92. The molecule has 0 heterocycles. The standard InChI is InChI=1S/C21H38N4O2/c1-8-22-20(24-16-21(4,5)25(6)7)23-15-18-11-10-17(3)14-19(18)27-13-12-26-9-2/h10-11,14H,8-9,12-13,15-16H2,1-7H3,(H2,22,23,24). The molecule has 1 aromatic rings. The summed E-state index contributed by atoms with van der Waals surface area (Å²) >= 11 is 0. The van der Waals surface area contributed by atoms with Crippen LogP contribution >= 0.6 is 0 Å². The molecule has 0 radical (unpaired) electrons. The normalized spacial score (nSPS) is 12.4. The third-order valence-electron chi connectivity index (χ3n) is 4.56. The first kappa shape index (κ1) is 23.2. The van der Waals surface area contributed by atoms with Crippen LogP contribution in [0.25, 0.3) is 0 Å². The predicted molar refractivity (Wildman–Crippen MR) is 114 cm³/mol. The summed E-state index contributed by atoms with van der Waals surface area (Å²) in [5, 5.41) is 6.75. The zero-order chi connectivity index (χ0) is 20.3. The van der Waals surface area contributed by atoms with Gasteiger partial charge in [-0.05, 0) is 60.3 Å². The summed E-state index contributed by atoms with van der Waals surface area (Å²) in [6.07, 6.45) is 0. The molecule has 0 unspecified atom stereocenters. The Hall–Kier alpha value is -1.79. The smallest absolute Gasteiger partial charge is 0.191 e. The molecule has 0 saturated heterocycles. The molecule has 0 aliphatic carbocycles. The van der Waals surface area contributed by atoms with Gasteiger partial charge in [-0.1, -0.05) is 12.1 Å². The third-order valence-corrected chi connectivity index (χ3v) is 4.56. The number of hydrogen-bond donors (Lipinski definition) is 2. The monoisotopic (exact) mass is 378 g/mol. The largest absolute Gasteiger partial charge is 0.491 e. The minimum atomic E-state index is 0.0353. The van der Waals surface area contributed by atoms with Crippen LogP contribution in [0.3, 0.4) is 0 Å². The van der Waals surface area contributed by atoms with E-state index in [9.17, 15) is 0 Å². The van der Waals surface area contributed by atoms with E-state index in [0.717, 1.165) is 30.4 Å². The van der Waals surface area contributed by atoms with Gasteiger partial charge in [-0.25, -0.2) is 4.99 Å². The number of aliphatic imine (C=N–C) groups is 1. The van der Waals surface area contributed by atoms with Crippen molar-refractivity contribution in [3.05, 3.63) is 29.3 Å². The molecule has 154 valence electrons. The van der Waals surface area contributed by atoms with Gasteiger partial charge in [-0.2, -0.15) is 0 Å². The van der Waals surface area contributed by atoms with Crippen molar-refractivity contribution in [2.24, 2.45) is 4.99 Å². The lowest BCUT2D eigenvalue weighted by molar-refractivity contribution is 0.110.